The summed E-state index contributed by atoms with van der Waals surface area (Å²) in [5, 5.41) is 5.42. The second-order valence-electron chi connectivity index (χ2n) is 5.52. The zero-order valence-electron chi connectivity index (χ0n) is 12.6. The van der Waals surface area contributed by atoms with Gasteiger partial charge in [-0.25, -0.2) is 0 Å². The van der Waals surface area contributed by atoms with Crippen LogP contribution in [0.5, 0.6) is 0 Å². The first-order valence-electron chi connectivity index (χ1n) is 7.19. The van der Waals surface area contributed by atoms with Crippen molar-refractivity contribution >= 4 is 16.9 Å². The van der Waals surface area contributed by atoms with E-state index < -0.39 is 0 Å². The highest BCUT2D eigenvalue weighted by molar-refractivity contribution is 8.14. The molecule has 0 saturated carbocycles. The molecule has 0 radical (unpaired) electrons. The van der Waals surface area contributed by atoms with Gasteiger partial charge < -0.3 is 10.2 Å². The van der Waals surface area contributed by atoms with E-state index in [2.05, 4.69) is 50.1 Å². The van der Waals surface area contributed by atoms with E-state index in [0.717, 1.165) is 24.2 Å². The molecule has 0 aromatic rings. The molecule has 1 aliphatic heterocycles. The molecule has 0 saturated heterocycles. The summed E-state index contributed by atoms with van der Waals surface area (Å²) in [5.41, 5.74) is 0. The van der Waals surface area contributed by atoms with Crippen molar-refractivity contribution in [2.75, 3.05) is 27.2 Å². The van der Waals surface area contributed by atoms with E-state index in [1.807, 2.05) is 11.8 Å². The van der Waals surface area contributed by atoms with E-state index in [4.69, 9.17) is 0 Å². The summed E-state index contributed by atoms with van der Waals surface area (Å²) in [6, 6.07) is 0.513. The molecular formula is C14H29N3S. The van der Waals surface area contributed by atoms with Crippen LogP contribution in [0.3, 0.4) is 0 Å². The summed E-state index contributed by atoms with van der Waals surface area (Å²) in [5.74, 6) is 0.815. The highest BCUT2D eigenvalue weighted by Crippen LogP contribution is 2.30. The predicted molar refractivity (Wildman–Crippen MR) is 83.5 cm³/mol. The van der Waals surface area contributed by atoms with Crippen LogP contribution >= 0.6 is 11.8 Å². The number of rotatable bonds is 7. The lowest BCUT2D eigenvalue weighted by Gasteiger charge is -2.20. The minimum Gasteiger partial charge on any atom is -0.362 e. The number of aliphatic imine (C=N–C) groups is 1. The SMILES string of the molecule is CCC(CC)C1CN=C(NC(C)CCN(C)C)S1. The first-order chi connectivity index (χ1) is 8.56. The van der Waals surface area contributed by atoms with Crippen molar-refractivity contribution in [1.29, 1.82) is 0 Å². The van der Waals surface area contributed by atoms with Crippen LogP contribution in [0.2, 0.25) is 0 Å². The van der Waals surface area contributed by atoms with Crippen molar-refractivity contribution < 1.29 is 0 Å². The van der Waals surface area contributed by atoms with E-state index in [-0.39, 0.29) is 0 Å². The van der Waals surface area contributed by atoms with Crippen LogP contribution in [-0.2, 0) is 0 Å². The molecule has 1 heterocycles. The zero-order valence-corrected chi connectivity index (χ0v) is 13.4. The lowest BCUT2D eigenvalue weighted by Crippen LogP contribution is -2.33. The summed E-state index contributed by atoms with van der Waals surface area (Å²) < 4.78 is 0. The quantitative estimate of drug-likeness (QED) is 0.771. The number of nitrogens with zero attached hydrogens (tertiary/aromatic N) is 2. The van der Waals surface area contributed by atoms with Crippen molar-refractivity contribution in [2.45, 2.75) is 51.3 Å². The third-order valence-electron chi connectivity index (χ3n) is 3.63. The second-order valence-corrected chi connectivity index (χ2v) is 6.74. The molecule has 0 aromatic heterocycles. The zero-order chi connectivity index (χ0) is 13.5. The van der Waals surface area contributed by atoms with Gasteiger partial charge in [0.05, 0.1) is 6.54 Å². The number of nitrogens with one attached hydrogen (secondary N) is 1. The van der Waals surface area contributed by atoms with Crippen LogP contribution < -0.4 is 5.32 Å². The molecule has 0 amide bonds. The summed E-state index contributed by atoms with van der Waals surface area (Å²) in [6.07, 6.45) is 3.71. The third kappa shape index (κ3) is 5.19. The topological polar surface area (TPSA) is 27.6 Å². The van der Waals surface area contributed by atoms with E-state index in [9.17, 15) is 0 Å². The molecule has 18 heavy (non-hydrogen) atoms. The number of hydrogen-bond acceptors (Lipinski definition) is 4. The summed E-state index contributed by atoms with van der Waals surface area (Å²) in [7, 11) is 4.25. The van der Waals surface area contributed by atoms with E-state index in [1.165, 1.54) is 19.3 Å². The van der Waals surface area contributed by atoms with Gasteiger partial charge >= 0.3 is 0 Å². The van der Waals surface area contributed by atoms with Gasteiger partial charge in [-0.05, 0) is 39.9 Å². The highest BCUT2D eigenvalue weighted by Gasteiger charge is 2.26. The van der Waals surface area contributed by atoms with Gasteiger partial charge in [0, 0.05) is 11.3 Å². The van der Waals surface area contributed by atoms with Crippen molar-refractivity contribution in [1.82, 2.24) is 10.2 Å². The van der Waals surface area contributed by atoms with Gasteiger partial charge in [-0.2, -0.15) is 0 Å². The Labute approximate surface area is 117 Å². The molecule has 2 unspecified atom stereocenters. The van der Waals surface area contributed by atoms with Gasteiger partial charge in [-0.3, -0.25) is 4.99 Å². The second kappa shape index (κ2) is 8.05. The molecule has 1 N–H and O–H groups in total. The Morgan fingerprint density at radius 1 is 1.39 bits per heavy atom. The van der Waals surface area contributed by atoms with E-state index in [1.54, 1.807) is 0 Å². The number of hydrogen-bond donors (Lipinski definition) is 1. The van der Waals surface area contributed by atoms with Crippen molar-refractivity contribution in [3.63, 3.8) is 0 Å². The lowest BCUT2D eigenvalue weighted by atomic mass is 9.99. The fraction of sp³-hybridized carbons (Fsp3) is 0.929. The standard InChI is InChI=1S/C14H29N3S/c1-6-12(7-2)13-10-15-14(18-13)16-11(3)8-9-17(4)5/h11-13H,6-10H2,1-5H3,(H,15,16). The van der Waals surface area contributed by atoms with Crippen LogP contribution in [0.25, 0.3) is 0 Å². The van der Waals surface area contributed by atoms with Crippen LogP contribution in [-0.4, -0.2) is 48.5 Å². The van der Waals surface area contributed by atoms with E-state index in [0.29, 0.717) is 11.3 Å². The predicted octanol–water partition coefficient (Wildman–Crippen LogP) is 2.82. The summed E-state index contributed by atoms with van der Waals surface area (Å²) in [6.45, 7) is 8.96. The molecule has 3 nitrogen and oxygen atoms in total. The Morgan fingerprint density at radius 2 is 2.06 bits per heavy atom. The Bertz CT molecular complexity index is 262. The maximum atomic E-state index is 4.66. The van der Waals surface area contributed by atoms with E-state index >= 15 is 0 Å². The Hall–Kier alpha value is -0.220. The molecule has 0 aliphatic carbocycles. The monoisotopic (exact) mass is 271 g/mol. The Morgan fingerprint density at radius 3 is 2.61 bits per heavy atom. The van der Waals surface area contributed by atoms with Gasteiger partial charge in [0.15, 0.2) is 5.17 Å². The molecule has 0 aromatic carbocycles. The molecule has 0 fully saturated rings. The van der Waals surface area contributed by atoms with Crippen LogP contribution in [0.1, 0.15) is 40.0 Å². The van der Waals surface area contributed by atoms with Crippen LogP contribution in [0.4, 0.5) is 0 Å². The van der Waals surface area contributed by atoms with Crippen molar-refractivity contribution in [2.24, 2.45) is 10.9 Å². The van der Waals surface area contributed by atoms with Crippen molar-refractivity contribution in [3.8, 4) is 0 Å². The number of thioether (sulfide) groups is 1. The number of amidine groups is 1. The van der Waals surface area contributed by atoms with Gasteiger partial charge in [-0.1, -0.05) is 38.5 Å². The first kappa shape index (κ1) is 15.8. The highest BCUT2D eigenvalue weighted by atomic mass is 32.2. The fourth-order valence-corrected chi connectivity index (χ4v) is 3.70. The molecule has 1 rings (SSSR count). The smallest absolute Gasteiger partial charge is 0.157 e. The average molecular weight is 271 g/mol. The molecule has 4 heteroatoms. The molecule has 106 valence electrons. The molecule has 0 bridgehead atoms. The maximum absolute atomic E-state index is 4.66. The lowest BCUT2D eigenvalue weighted by molar-refractivity contribution is 0.379. The average Bonchev–Trinajstić information content (AvgIpc) is 2.76. The Balaban J connectivity index is 2.29. The minimum absolute atomic E-state index is 0.513. The van der Waals surface area contributed by atoms with Gasteiger partial charge in [-0.15, -0.1) is 0 Å². The van der Waals surface area contributed by atoms with Gasteiger partial charge in [0.2, 0.25) is 0 Å². The molecule has 1 aliphatic rings. The Kier molecular flexibility index (Phi) is 7.08. The van der Waals surface area contributed by atoms with Gasteiger partial charge in [0.25, 0.3) is 0 Å². The largest absolute Gasteiger partial charge is 0.362 e. The van der Waals surface area contributed by atoms with Crippen LogP contribution in [0, 0.1) is 5.92 Å². The summed E-state index contributed by atoms with van der Waals surface area (Å²) in [4.78, 5) is 6.89. The first-order valence-corrected chi connectivity index (χ1v) is 8.07. The van der Waals surface area contributed by atoms with Crippen LogP contribution in [0.15, 0.2) is 4.99 Å². The van der Waals surface area contributed by atoms with Crippen molar-refractivity contribution in [3.05, 3.63) is 0 Å². The minimum atomic E-state index is 0.513. The third-order valence-corrected chi connectivity index (χ3v) is 4.94. The maximum Gasteiger partial charge on any atom is 0.157 e. The molecule has 0 spiro atoms. The molecule has 2 atom stereocenters. The normalized spacial score (nSPS) is 21.5. The summed E-state index contributed by atoms with van der Waals surface area (Å²) >= 11 is 1.96. The fourth-order valence-electron chi connectivity index (χ4n) is 2.27. The molecular weight excluding hydrogens is 242 g/mol. The van der Waals surface area contributed by atoms with Gasteiger partial charge in [0.1, 0.15) is 0 Å².